The van der Waals surface area contributed by atoms with Gasteiger partial charge in [-0.3, -0.25) is 0 Å². The van der Waals surface area contributed by atoms with E-state index in [0.29, 0.717) is 22.1 Å². The van der Waals surface area contributed by atoms with Gasteiger partial charge in [-0.15, -0.1) is 11.3 Å². The topological polar surface area (TPSA) is 77.6 Å². The van der Waals surface area contributed by atoms with E-state index in [2.05, 4.69) is 11.9 Å². The third-order valence-corrected chi connectivity index (χ3v) is 5.60. The number of thiazole rings is 1. The molecule has 0 fully saturated rings. The second kappa shape index (κ2) is 10.4. The second-order valence-corrected chi connectivity index (χ2v) is 8.01. The summed E-state index contributed by atoms with van der Waals surface area (Å²) in [5.41, 5.74) is 4.40. The van der Waals surface area contributed by atoms with Crippen molar-refractivity contribution in [3.8, 4) is 16.2 Å². The fourth-order valence-corrected chi connectivity index (χ4v) is 3.50. The number of aliphatic hydroxyl groups excluding tert-OH is 1. The number of halogens is 3. The number of aliphatic hydroxyl groups is 1. The van der Waals surface area contributed by atoms with Crippen molar-refractivity contribution in [1.82, 2.24) is 4.98 Å². The molecule has 5 nitrogen and oxygen atoms in total. The zero-order chi connectivity index (χ0) is 21.5. The lowest BCUT2D eigenvalue weighted by molar-refractivity contribution is -0.139. The molecule has 9 heteroatoms. The maximum atomic E-state index is 13.5. The molecule has 1 unspecified atom stereocenters. The van der Waals surface area contributed by atoms with E-state index in [1.807, 2.05) is 0 Å². The molecule has 1 aromatic carbocycles. The number of benzene rings is 1. The summed E-state index contributed by atoms with van der Waals surface area (Å²) in [4.78, 5) is 4.67. The van der Waals surface area contributed by atoms with Gasteiger partial charge in [-0.1, -0.05) is 19.8 Å². The van der Waals surface area contributed by atoms with Gasteiger partial charge in [0.2, 0.25) is 0 Å². The lowest BCUT2D eigenvalue weighted by atomic mass is 10.1. The van der Waals surface area contributed by atoms with Crippen LogP contribution in [-0.4, -0.2) is 36.5 Å². The van der Waals surface area contributed by atoms with Crippen molar-refractivity contribution < 1.29 is 27.8 Å². The second-order valence-electron chi connectivity index (χ2n) is 6.98. The number of rotatable bonds is 11. The highest BCUT2D eigenvalue weighted by Crippen LogP contribution is 2.40. The highest BCUT2D eigenvalue weighted by atomic mass is 32.1. The number of nitrogens with zero attached hydrogens (tertiary/aromatic N) is 1. The zero-order valence-corrected chi connectivity index (χ0v) is 17.4. The van der Waals surface area contributed by atoms with E-state index in [0.717, 1.165) is 36.7 Å². The number of alkyl halides is 3. The van der Waals surface area contributed by atoms with Crippen LogP contribution in [0.4, 0.5) is 13.2 Å². The van der Waals surface area contributed by atoms with Crippen LogP contribution >= 0.6 is 11.3 Å². The van der Waals surface area contributed by atoms with Crippen LogP contribution in [-0.2, 0) is 16.5 Å². The van der Waals surface area contributed by atoms with Crippen molar-refractivity contribution in [3.05, 3.63) is 35.0 Å². The van der Waals surface area contributed by atoms with Crippen molar-refractivity contribution in [2.75, 3.05) is 26.4 Å². The Balaban J connectivity index is 2.12. The van der Waals surface area contributed by atoms with Gasteiger partial charge in [0.05, 0.1) is 29.2 Å². The van der Waals surface area contributed by atoms with Crippen LogP contribution in [0.1, 0.15) is 43.7 Å². The zero-order valence-electron chi connectivity index (χ0n) is 16.6. The van der Waals surface area contributed by atoms with E-state index in [1.54, 1.807) is 13.0 Å². The lowest BCUT2D eigenvalue weighted by Gasteiger charge is -2.18. The molecule has 3 N–H and O–H groups in total. The molecular formula is C20H27F3N2O3S. The van der Waals surface area contributed by atoms with Crippen LogP contribution in [0.25, 0.3) is 10.4 Å². The van der Waals surface area contributed by atoms with E-state index >= 15 is 0 Å². The normalized spacial score (nSPS) is 14.0. The smallest absolute Gasteiger partial charge is 0.419 e. The van der Waals surface area contributed by atoms with Gasteiger partial charge in [0, 0.05) is 12.8 Å². The quantitative estimate of drug-likeness (QED) is 0.508. The molecule has 0 saturated heterocycles. The lowest BCUT2D eigenvalue weighted by Crippen LogP contribution is -2.36. The van der Waals surface area contributed by atoms with Crippen molar-refractivity contribution in [1.29, 1.82) is 0 Å². The Kier molecular flexibility index (Phi) is 8.45. The monoisotopic (exact) mass is 432 g/mol. The highest BCUT2D eigenvalue weighted by Gasteiger charge is 2.35. The number of hydrogen-bond acceptors (Lipinski definition) is 6. The Hall–Kier alpha value is -1.68. The van der Waals surface area contributed by atoms with Gasteiger partial charge in [-0.2, -0.15) is 13.2 Å². The Bertz CT molecular complexity index is 779. The molecule has 0 spiro atoms. The number of aromatic nitrogens is 1. The Labute approximate surface area is 172 Å². The molecule has 0 aliphatic heterocycles. The molecular weight excluding hydrogens is 405 g/mol. The Morgan fingerprint density at radius 2 is 1.93 bits per heavy atom. The molecule has 2 aromatic rings. The summed E-state index contributed by atoms with van der Waals surface area (Å²) in [5, 5.41) is 9.79. The third kappa shape index (κ3) is 6.67. The molecule has 2 rings (SSSR count). The summed E-state index contributed by atoms with van der Waals surface area (Å²) in [7, 11) is 0. The largest absolute Gasteiger partial charge is 0.491 e. The summed E-state index contributed by atoms with van der Waals surface area (Å²) in [6.45, 7) is 4.22. The van der Waals surface area contributed by atoms with Gasteiger partial charge in [-0.05, 0) is 37.1 Å². The SMILES string of the molecule is CCCCCOCCOc1ccc(-c2cnc(C(C)(N)CO)s2)cc1C(F)(F)F. The summed E-state index contributed by atoms with van der Waals surface area (Å²) >= 11 is 1.15. The molecule has 0 saturated carbocycles. The summed E-state index contributed by atoms with van der Waals surface area (Å²) in [6, 6.07) is 3.90. The Morgan fingerprint density at radius 3 is 2.59 bits per heavy atom. The van der Waals surface area contributed by atoms with Gasteiger partial charge < -0.3 is 20.3 Å². The molecule has 1 atom stereocenters. The molecule has 1 heterocycles. The fraction of sp³-hybridized carbons (Fsp3) is 0.550. The molecule has 162 valence electrons. The third-order valence-electron chi connectivity index (χ3n) is 4.27. The van der Waals surface area contributed by atoms with Crippen LogP contribution in [0.3, 0.4) is 0 Å². The maximum Gasteiger partial charge on any atom is 0.419 e. The number of ether oxygens (including phenoxy) is 2. The van der Waals surface area contributed by atoms with E-state index in [1.165, 1.54) is 12.3 Å². The minimum Gasteiger partial charge on any atom is -0.491 e. The fourth-order valence-electron chi connectivity index (χ4n) is 2.54. The summed E-state index contributed by atoms with van der Waals surface area (Å²) in [5.74, 6) is -0.234. The van der Waals surface area contributed by atoms with E-state index < -0.39 is 17.3 Å². The average Bonchev–Trinajstić information content (AvgIpc) is 3.18. The summed E-state index contributed by atoms with van der Waals surface area (Å²) < 4.78 is 51.3. The predicted molar refractivity (Wildman–Crippen MR) is 107 cm³/mol. The van der Waals surface area contributed by atoms with Gasteiger partial charge >= 0.3 is 6.18 Å². The standard InChI is InChI=1S/C20H27F3N2O3S/c1-3-4-5-8-27-9-10-28-16-7-6-14(11-15(16)20(21,22)23)17-12-25-18(29-17)19(2,24)13-26/h6-7,11-12,26H,3-5,8-10,13,24H2,1-2H3. The predicted octanol–water partition coefficient (Wildman–Crippen LogP) is 4.58. The molecule has 0 radical (unpaired) electrons. The number of nitrogens with two attached hydrogens (primary N) is 1. The molecule has 0 bridgehead atoms. The minimum absolute atomic E-state index is 0.0429. The molecule has 1 aromatic heterocycles. The molecule has 29 heavy (non-hydrogen) atoms. The van der Waals surface area contributed by atoms with Gasteiger partial charge in [-0.25, -0.2) is 4.98 Å². The van der Waals surface area contributed by atoms with Crippen LogP contribution in [0.5, 0.6) is 5.75 Å². The first-order chi connectivity index (χ1) is 13.7. The van der Waals surface area contributed by atoms with Gasteiger partial charge in [0.15, 0.2) is 0 Å². The molecule has 0 amide bonds. The highest BCUT2D eigenvalue weighted by molar-refractivity contribution is 7.15. The molecule has 0 aliphatic carbocycles. The van der Waals surface area contributed by atoms with E-state index in [9.17, 15) is 18.3 Å². The number of hydrogen-bond donors (Lipinski definition) is 2. The first kappa shape index (κ1) is 23.6. The van der Waals surface area contributed by atoms with Crippen molar-refractivity contribution in [3.63, 3.8) is 0 Å². The van der Waals surface area contributed by atoms with Crippen LogP contribution in [0.15, 0.2) is 24.4 Å². The van der Waals surface area contributed by atoms with E-state index in [-0.39, 0.29) is 25.6 Å². The van der Waals surface area contributed by atoms with Gasteiger partial charge in [0.25, 0.3) is 0 Å². The number of unbranched alkanes of at least 4 members (excludes halogenated alkanes) is 2. The first-order valence-corrected chi connectivity index (χ1v) is 10.3. The van der Waals surface area contributed by atoms with Crippen molar-refractivity contribution in [2.45, 2.75) is 44.8 Å². The van der Waals surface area contributed by atoms with Crippen molar-refractivity contribution >= 4 is 11.3 Å². The minimum atomic E-state index is -4.56. The molecule has 0 aliphatic rings. The Morgan fingerprint density at radius 1 is 1.17 bits per heavy atom. The average molecular weight is 433 g/mol. The summed E-state index contributed by atoms with van der Waals surface area (Å²) in [6.07, 6.45) is -0.0441. The van der Waals surface area contributed by atoms with Crippen LogP contribution < -0.4 is 10.5 Å². The van der Waals surface area contributed by atoms with Crippen molar-refractivity contribution in [2.24, 2.45) is 5.73 Å². The van der Waals surface area contributed by atoms with Crippen LogP contribution in [0, 0.1) is 0 Å². The van der Waals surface area contributed by atoms with E-state index in [4.69, 9.17) is 15.2 Å². The maximum absolute atomic E-state index is 13.5. The van der Waals surface area contributed by atoms with Gasteiger partial charge in [0.1, 0.15) is 17.4 Å². The van der Waals surface area contributed by atoms with Crippen LogP contribution in [0.2, 0.25) is 0 Å². The first-order valence-electron chi connectivity index (χ1n) is 9.47.